The molecule has 0 aliphatic rings. The fourth-order valence-corrected chi connectivity index (χ4v) is 8.78. The van der Waals surface area contributed by atoms with Crippen LogP contribution < -0.4 is 5.32 Å². The topological polar surface area (TPSA) is 95.9 Å². The van der Waals surface area contributed by atoms with Gasteiger partial charge in [0.25, 0.3) is 0 Å². The lowest BCUT2D eigenvalue weighted by Crippen LogP contribution is -2.45. The summed E-state index contributed by atoms with van der Waals surface area (Å²) in [7, 11) is 0. The summed E-state index contributed by atoms with van der Waals surface area (Å²) in [5.74, 6) is -0.0796. The van der Waals surface area contributed by atoms with Gasteiger partial charge in [-0.2, -0.15) is 0 Å². The van der Waals surface area contributed by atoms with E-state index < -0.39 is 12.1 Å². The molecule has 6 heteroatoms. The van der Waals surface area contributed by atoms with Gasteiger partial charge in [-0.1, -0.05) is 255 Å². The Morgan fingerprint density at radius 3 is 1.21 bits per heavy atom. The van der Waals surface area contributed by atoms with E-state index >= 15 is 0 Å². The van der Waals surface area contributed by atoms with Gasteiger partial charge in [0, 0.05) is 12.8 Å². The number of carbonyl (C=O) groups excluding carboxylic acids is 2. The van der Waals surface area contributed by atoms with Crippen LogP contribution in [0.5, 0.6) is 0 Å². The van der Waals surface area contributed by atoms with Crippen LogP contribution in [-0.2, 0) is 14.3 Å². The third kappa shape index (κ3) is 53.0. The molecular formula is C61H113NO5. The van der Waals surface area contributed by atoms with Crippen molar-refractivity contribution < 1.29 is 24.5 Å². The Morgan fingerprint density at radius 2 is 0.776 bits per heavy atom. The van der Waals surface area contributed by atoms with Gasteiger partial charge in [0.2, 0.25) is 5.91 Å². The second kappa shape index (κ2) is 56.4. The highest BCUT2D eigenvalue weighted by atomic mass is 16.5. The number of hydrogen-bond donors (Lipinski definition) is 3. The molecule has 0 spiro atoms. The number of amides is 1. The van der Waals surface area contributed by atoms with Crippen LogP contribution in [-0.4, -0.2) is 47.4 Å². The SMILES string of the molecule is CCC/C=C\C/C=C\CCCCCCCC(=O)OCCCCCCCCCCCCCC/C=C\CCCCCCCCCC(=O)NC(CO)C(O)/C=C/CCCCCCCCCCCCCC. The highest BCUT2D eigenvalue weighted by Gasteiger charge is 2.18. The summed E-state index contributed by atoms with van der Waals surface area (Å²) in [6.07, 6.45) is 71.4. The van der Waals surface area contributed by atoms with Crippen LogP contribution in [0, 0.1) is 0 Å². The van der Waals surface area contributed by atoms with Gasteiger partial charge >= 0.3 is 5.97 Å². The van der Waals surface area contributed by atoms with E-state index in [-0.39, 0.29) is 18.5 Å². The molecule has 0 fully saturated rings. The standard InChI is InChI=1S/C61H113NO5/c1-3-5-7-9-11-13-15-17-30-33-37-41-45-49-53-59(64)58(57-63)62-60(65)54-50-46-42-38-34-31-27-25-23-21-19-18-20-22-24-26-28-32-36-40-44-48-52-56-67-61(66)55-51-47-43-39-35-29-16-14-12-10-8-6-4-2/h8,10,14,16,21,23,49,53,58-59,63-64H,3-7,9,11-13,15,17-20,22,24-48,50-52,54-57H2,1-2H3,(H,62,65)/b10-8-,16-14-,23-21-,53-49+. The van der Waals surface area contributed by atoms with Crippen LogP contribution in [0.15, 0.2) is 48.6 Å². The number of esters is 1. The van der Waals surface area contributed by atoms with Crippen LogP contribution in [0.4, 0.5) is 0 Å². The third-order valence-electron chi connectivity index (χ3n) is 13.3. The van der Waals surface area contributed by atoms with Crippen molar-refractivity contribution >= 4 is 11.9 Å². The smallest absolute Gasteiger partial charge is 0.305 e. The average Bonchev–Trinajstić information content (AvgIpc) is 3.33. The molecule has 0 rings (SSSR count). The number of allylic oxidation sites excluding steroid dienone is 7. The Labute approximate surface area is 416 Å². The number of hydrogen-bond acceptors (Lipinski definition) is 5. The summed E-state index contributed by atoms with van der Waals surface area (Å²) in [4.78, 5) is 24.5. The first-order valence-electron chi connectivity index (χ1n) is 29.4. The molecule has 0 radical (unpaired) electrons. The quantitative estimate of drug-likeness (QED) is 0.0321. The maximum atomic E-state index is 12.4. The molecule has 0 aliphatic heterocycles. The zero-order valence-corrected chi connectivity index (χ0v) is 44.6. The van der Waals surface area contributed by atoms with Gasteiger partial charge in [-0.15, -0.1) is 0 Å². The second-order valence-electron chi connectivity index (χ2n) is 20.0. The summed E-state index contributed by atoms with van der Waals surface area (Å²) in [6.45, 7) is 4.83. The number of aliphatic hydroxyl groups excluding tert-OH is 2. The molecule has 2 unspecified atom stereocenters. The van der Waals surface area contributed by atoms with E-state index in [1.54, 1.807) is 6.08 Å². The van der Waals surface area contributed by atoms with Crippen LogP contribution in [0.25, 0.3) is 0 Å². The molecule has 0 aromatic rings. The maximum absolute atomic E-state index is 12.4. The predicted octanol–water partition coefficient (Wildman–Crippen LogP) is 18.2. The maximum Gasteiger partial charge on any atom is 0.305 e. The summed E-state index contributed by atoms with van der Waals surface area (Å²) < 4.78 is 5.46. The molecule has 1 amide bonds. The van der Waals surface area contributed by atoms with E-state index in [4.69, 9.17) is 4.74 Å². The highest BCUT2D eigenvalue weighted by molar-refractivity contribution is 5.76. The number of unbranched alkanes of at least 4 members (excludes halogenated alkanes) is 37. The minimum absolute atomic E-state index is 0.00497. The molecule has 0 aromatic heterocycles. The zero-order valence-electron chi connectivity index (χ0n) is 44.6. The molecule has 392 valence electrons. The summed E-state index contributed by atoms with van der Waals surface area (Å²) in [6, 6.07) is -0.633. The van der Waals surface area contributed by atoms with E-state index in [9.17, 15) is 19.8 Å². The molecular weight excluding hydrogens is 827 g/mol. The van der Waals surface area contributed by atoms with E-state index in [1.165, 1.54) is 218 Å². The van der Waals surface area contributed by atoms with Crippen LogP contribution in [0.1, 0.15) is 303 Å². The van der Waals surface area contributed by atoms with E-state index in [0.29, 0.717) is 19.4 Å². The number of carbonyl (C=O) groups is 2. The summed E-state index contributed by atoms with van der Waals surface area (Å²) >= 11 is 0. The van der Waals surface area contributed by atoms with Crippen LogP contribution >= 0.6 is 0 Å². The number of nitrogens with one attached hydrogen (secondary N) is 1. The number of ether oxygens (including phenoxy) is 1. The van der Waals surface area contributed by atoms with Crippen molar-refractivity contribution in [1.29, 1.82) is 0 Å². The molecule has 2 atom stereocenters. The van der Waals surface area contributed by atoms with Gasteiger partial charge in [-0.3, -0.25) is 9.59 Å². The van der Waals surface area contributed by atoms with Gasteiger partial charge in [0.05, 0.1) is 25.4 Å². The largest absolute Gasteiger partial charge is 0.466 e. The first-order valence-corrected chi connectivity index (χ1v) is 29.4. The fourth-order valence-electron chi connectivity index (χ4n) is 8.78. The molecule has 0 saturated carbocycles. The van der Waals surface area contributed by atoms with Crippen molar-refractivity contribution in [3.05, 3.63) is 48.6 Å². The monoisotopic (exact) mass is 940 g/mol. The summed E-state index contributed by atoms with van der Waals surface area (Å²) in [5.41, 5.74) is 0. The van der Waals surface area contributed by atoms with E-state index in [2.05, 4.69) is 55.6 Å². The van der Waals surface area contributed by atoms with Gasteiger partial charge < -0.3 is 20.3 Å². The highest BCUT2D eigenvalue weighted by Crippen LogP contribution is 2.16. The molecule has 0 aromatic carbocycles. The van der Waals surface area contributed by atoms with Crippen molar-refractivity contribution in [2.24, 2.45) is 0 Å². The number of aliphatic hydroxyl groups is 2. The third-order valence-corrected chi connectivity index (χ3v) is 13.3. The van der Waals surface area contributed by atoms with Crippen molar-refractivity contribution in [2.45, 2.75) is 315 Å². The van der Waals surface area contributed by atoms with Crippen molar-refractivity contribution in [3.8, 4) is 0 Å². The molecule has 0 aliphatic carbocycles. The molecule has 67 heavy (non-hydrogen) atoms. The van der Waals surface area contributed by atoms with Gasteiger partial charge in [0.15, 0.2) is 0 Å². The van der Waals surface area contributed by atoms with E-state index in [0.717, 1.165) is 57.8 Å². The van der Waals surface area contributed by atoms with Crippen LogP contribution in [0.2, 0.25) is 0 Å². The van der Waals surface area contributed by atoms with Gasteiger partial charge in [-0.05, 0) is 83.5 Å². The van der Waals surface area contributed by atoms with Crippen molar-refractivity contribution in [1.82, 2.24) is 5.32 Å². The summed E-state index contributed by atoms with van der Waals surface area (Å²) in [5, 5.41) is 23.1. The minimum Gasteiger partial charge on any atom is -0.466 e. The molecule has 0 saturated heterocycles. The minimum atomic E-state index is -0.848. The predicted molar refractivity (Wildman–Crippen MR) is 292 cm³/mol. The Bertz CT molecular complexity index is 1130. The molecule has 3 N–H and O–H groups in total. The Morgan fingerprint density at radius 1 is 0.418 bits per heavy atom. The lowest BCUT2D eigenvalue weighted by Gasteiger charge is -2.20. The lowest BCUT2D eigenvalue weighted by atomic mass is 10.0. The average molecular weight is 941 g/mol. The Kier molecular flexibility index (Phi) is 54.6. The second-order valence-corrected chi connectivity index (χ2v) is 20.0. The fraction of sp³-hybridized carbons (Fsp3) is 0.836. The normalized spacial score (nSPS) is 13.0. The number of rotatable bonds is 54. The zero-order chi connectivity index (χ0) is 48.6. The van der Waals surface area contributed by atoms with Crippen molar-refractivity contribution in [3.63, 3.8) is 0 Å². The molecule has 6 nitrogen and oxygen atoms in total. The lowest BCUT2D eigenvalue weighted by molar-refractivity contribution is -0.143. The molecule has 0 bridgehead atoms. The Hall–Kier alpha value is -2.18. The molecule has 0 heterocycles. The van der Waals surface area contributed by atoms with Crippen molar-refractivity contribution in [2.75, 3.05) is 13.2 Å². The van der Waals surface area contributed by atoms with Gasteiger partial charge in [0.1, 0.15) is 0 Å². The first-order chi connectivity index (χ1) is 33.0. The Balaban J connectivity index is 3.44. The van der Waals surface area contributed by atoms with Crippen LogP contribution in [0.3, 0.4) is 0 Å². The van der Waals surface area contributed by atoms with Gasteiger partial charge in [-0.25, -0.2) is 0 Å². The van der Waals surface area contributed by atoms with E-state index in [1.807, 2.05) is 6.08 Å². The first kappa shape index (κ1) is 64.8.